The highest BCUT2D eigenvalue weighted by Gasteiger charge is 2.59. The maximum absolute atomic E-state index is 13.7. The molecule has 0 aliphatic carbocycles. The van der Waals surface area contributed by atoms with E-state index in [1.807, 2.05) is 31.2 Å². The number of aromatic nitrogens is 2. The molecule has 38 heavy (non-hydrogen) atoms. The van der Waals surface area contributed by atoms with Gasteiger partial charge in [-0.2, -0.15) is 0 Å². The van der Waals surface area contributed by atoms with Gasteiger partial charge in [0.25, 0.3) is 11.8 Å². The third kappa shape index (κ3) is 5.87. The number of likely N-dealkylation sites (tertiary alicyclic amines) is 1. The molecule has 0 radical (unpaired) electrons. The van der Waals surface area contributed by atoms with E-state index < -0.39 is 50.3 Å². The monoisotopic (exact) mass is 547 g/mol. The molecule has 2 amide bonds. The maximum atomic E-state index is 13.7. The molecule has 1 aliphatic rings. The molecule has 0 bridgehead atoms. The summed E-state index contributed by atoms with van der Waals surface area (Å²) in [4.78, 5) is 39.0. The molecule has 1 aromatic carbocycles. The summed E-state index contributed by atoms with van der Waals surface area (Å²) in [5.41, 5.74) is 7.88. The number of hydrogen-bond donors (Lipinski definition) is 2. The summed E-state index contributed by atoms with van der Waals surface area (Å²) in [5, 5.41) is 10.2. The number of nitrogens with two attached hydrogens (primary N) is 1. The van der Waals surface area contributed by atoms with Crippen LogP contribution in [0.4, 0.5) is 0 Å². The summed E-state index contributed by atoms with van der Waals surface area (Å²) >= 11 is 0. The van der Waals surface area contributed by atoms with Gasteiger partial charge in [-0.3, -0.25) is 24.6 Å². The van der Waals surface area contributed by atoms with E-state index in [-0.39, 0.29) is 30.7 Å². The predicted molar refractivity (Wildman–Crippen MR) is 141 cm³/mol. The molecule has 3 rings (SSSR count). The van der Waals surface area contributed by atoms with Crippen LogP contribution in [0.5, 0.6) is 0 Å². The molecular weight excluding hydrogens is 510 g/mol. The summed E-state index contributed by atoms with van der Waals surface area (Å²) < 4.78 is 32.1. The van der Waals surface area contributed by atoms with Crippen LogP contribution in [0, 0.1) is 18.8 Å². The molecule has 1 fully saturated rings. The van der Waals surface area contributed by atoms with Crippen LogP contribution >= 0.6 is 0 Å². The smallest absolute Gasteiger partial charge is 0.285 e. The number of Topliss-reactive ketones (excluding diaryl/α,β-unsaturated/α-hetero) is 1. The summed E-state index contributed by atoms with van der Waals surface area (Å²) in [6.45, 7) is 9.03. The molecule has 12 heteroatoms. The maximum Gasteiger partial charge on any atom is 0.285 e. The Bertz CT molecular complexity index is 1300. The summed E-state index contributed by atoms with van der Waals surface area (Å²) in [7, 11) is -4.14. The van der Waals surface area contributed by atoms with Crippen LogP contribution < -0.4 is 11.1 Å². The average Bonchev–Trinajstić information content (AvgIpc) is 3.46. The number of imide groups is 1. The van der Waals surface area contributed by atoms with E-state index in [1.165, 1.54) is 4.90 Å². The minimum atomic E-state index is -4.14. The standard InChI is InChI=1S/C26H37N5O6S/c1-15(2)20(27)23(33)28-25(34)26(38(6,35)36)11-8-12-31(26)21(16(3)4)22(32)24-30-29-19(37-24)14-18-10-7-9-17(5)13-18/h7,9-10,13,15-16,20-21H,8,11-12,14,27H2,1-6H3,(H,28,33,34)/t20-,21-,26+/m0/s1. The Hall–Kier alpha value is -2.96. The van der Waals surface area contributed by atoms with Crippen LogP contribution in [0.2, 0.25) is 0 Å². The molecule has 3 N–H and O–H groups in total. The van der Waals surface area contributed by atoms with Gasteiger partial charge in [0.15, 0.2) is 9.84 Å². The molecule has 0 spiro atoms. The molecule has 0 unspecified atom stereocenters. The summed E-state index contributed by atoms with van der Waals surface area (Å²) in [6.07, 6.45) is 1.50. The molecular formula is C26H37N5O6S. The zero-order valence-electron chi connectivity index (χ0n) is 22.7. The quantitative estimate of drug-likeness (QED) is 0.418. The average molecular weight is 548 g/mol. The van der Waals surface area contributed by atoms with Crippen molar-refractivity contribution in [2.24, 2.45) is 17.6 Å². The lowest BCUT2D eigenvalue weighted by Gasteiger charge is -2.40. The van der Waals surface area contributed by atoms with Gasteiger partial charge in [0, 0.05) is 12.8 Å². The number of carbonyl (C=O) groups excluding carboxylic acids is 3. The van der Waals surface area contributed by atoms with Crippen molar-refractivity contribution in [3.05, 3.63) is 47.2 Å². The van der Waals surface area contributed by atoms with Gasteiger partial charge in [-0.25, -0.2) is 8.42 Å². The zero-order chi connectivity index (χ0) is 28.4. The van der Waals surface area contributed by atoms with E-state index in [1.54, 1.807) is 27.7 Å². The fraction of sp³-hybridized carbons (Fsp3) is 0.577. The second kappa shape index (κ2) is 11.4. The van der Waals surface area contributed by atoms with Gasteiger partial charge in [0.2, 0.25) is 22.5 Å². The second-order valence-corrected chi connectivity index (χ2v) is 12.9. The number of hydrogen-bond acceptors (Lipinski definition) is 10. The van der Waals surface area contributed by atoms with Gasteiger partial charge >= 0.3 is 0 Å². The number of sulfone groups is 1. The highest BCUT2D eigenvalue weighted by molar-refractivity contribution is 7.92. The Morgan fingerprint density at radius 2 is 1.84 bits per heavy atom. The molecule has 3 atom stereocenters. The van der Waals surface area contributed by atoms with Gasteiger partial charge in [0.05, 0.1) is 18.5 Å². The van der Waals surface area contributed by atoms with Gasteiger partial charge in [-0.1, -0.05) is 57.5 Å². The first-order chi connectivity index (χ1) is 17.7. The minimum absolute atomic E-state index is 0.0825. The number of ketones is 1. The van der Waals surface area contributed by atoms with E-state index in [0.29, 0.717) is 12.8 Å². The molecule has 208 valence electrons. The lowest BCUT2D eigenvalue weighted by Crippen LogP contribution is -2.66. The topological polar surface area (TPSA) is 166 Å². The number of nitrogens with zero attached hydrogens (tertiary/aromatic N) is 3. The molecule has 2 aromatic rings. The predicted octanol–water partition coefficient (Wildman–Crippen LogP) is 1.64. The number of amides is 2. The largest absolute Gasteiger partial charge is 0.418 e. The number of benzene rings is 1. The van der Waals surface area contributed by atoms with Crippen LogP contribution in [0.25, 0.3) is 0 Å². The van der Waals surface area contributed by atoms with Crippen LogP contribution in [0.1, 0.15) is 68.2 Å². The van der Waals surface area contributed by atoms with Crippen molar-refractivity contribution < 1.29 is 27.2 Å². The van der Waals surface area contributed by atoms with E-state index in [9.17, 15) is 22.8 Å². The molecule has 1 saturated heterocycles. The Kier molecular flexibility index (Phi) is 8.89. The first-order valence-electron chi connectivity index (χ1n) is 12.7. The summed E-state index contributed by atoms with van der Waals surface area (Å²) in [6, 6.07) is 5.68. The number of rotatable bonds is 10. The van der Waals surface area contributed by atoms with E-state index in [2.05, 4.69) is 15.5 Å². The van der Waals surface area contributed by atoms with Crippen molar-refractivity contribution in [1.82, 2.24) is 20.4 Å². The van der Waals surface area contributed by atoms with Crippen molar-refractivity contribution in [2.75, 3.05) is 12.8 Å². The highest BCUT2D eigenvalue weighted by Crippen LogP contribution is 2.38. The number of aryl methyl sites for hydroxylation is 1. The van der Waals surface area contributed by atoms with Gasteiger partial charge < -0.3 is 10.2 Å². The fourth-order valence-electron chi connectivity index (χ4n) is 4.94. The lowest BCUT2D eigenvalue weighted by atomic mass is 9.96. The Morgan fingerprint density at radius 1 is 1.16 bits per heavy atom. The lowest BCUT2D eigenvalue weighted by molar-refractivity contribution is -0.135. The van der Waals surface area contributed by atoms with Crippen LogP contribution in [0.3, 0.4) is 0 Å². The first kappa shape index (κ1) is 29.6. The Labute approximate surface area is 223 Å². The van der Waals surface area contributed by atoms with Crippen LogP contribution in [-0.4, -0.2) is 70.9 Å². The zero-order valence-corrected chi connectivity index (χ0v) is 23.5. The van der Waals surface area contributed by atoms with E-state index in [0.717, 1.165) is 17.4 Å². The SMILES string of the molecule is Cc1cccc(Cc2nnc(C(=O)[C@H](C(C)C)N3CCC[C@]3(C(=O)NC(=O)[C@@H](N)C(C)C)S(C)(=O)=O)o2)c1. The van der Waals surface area contributed by atoms with Crippen molar-refractivity contribution in [3.63, 3.8) is 0 Å². The molecule has 1 aromatic heterocycles. The summed E-state index contributed by atoms with van der Waals surface area (Å²) in [5.74, 6) is -3.09. The van der Waals surface area contributed by atoms with Crippen molar-refractivity contribution in [1.29, 1.82) is 0 Å². The van der Waals surface area contributed by atoms with Crippen molar-refractivity contribution in [2.45, 2.75) is 70.8 Å². The number of carbonyl (C=O) groups is 3. The van der Waals surface area contributed by atoms with Gasteiger partial charge in [-0.15, -0.1) is 10.2 Å². The van der Waals surface area contributed by atoms with Crippen LogP contribution in [-0.2, 0) is 25.8 Å². The molecule has 0 saturated carbocycles. The normalized spacial score (nSPS) is 20.0. The highest BCUT2D eigenvalue weighted by atomic mass is 32.2. The Balaban J connectivity index is 1.95. The van der Waals surface area contributed by atoms with E-state index in [4.69, 9.17) is 10.2 Å². The second-order valence-electron chi connectivity index (χ2n) is 10.7. The molecule has 1 aliphatic heterocycles. The molecule has 2 heterocycles. The number of nitrogens with one attached hydrogen (secondary N) is 1. The third-order valence-electron chi connectivity index (χ3n) is 6.96. The third-order valence-corrected chi connectivity index (χ3v) is 8.81. The Morgan fingerprint density at radius 3 is 2.42 bits per heavy atom. The minimum Gasteiger partial charge on any atom is -0.418 e. The van der Waals surface area contributed by atoms with Gasteiger partial charge in [0.1, 0.15) is 0 Å². The van der Waals surface area contributed by atoms with E-state index >= 15 is 0 Å². The fourth-order valence-corrected chi connectivity index (χ4v) is 6.47. The van der Waals surface area contributed by atoms with Crippen molar-refractivity contribution >= 4 is 27.4 Å². The van der Waals surface area contributed by atoms with Crippen molar-refractivity contribution in [3.8, 4) is 0 Å². The molecule has 11 nitrogen and oxygen atoms in total. The van der Waals surface area contributed by atoms with Crippen LogP contribution in [0.15, 0.2) is 28.7 Å². The first-order valence-corrected chi connectivity index (χ1v) is 14.6. The van der Waals surface area contributed by atoms with Gasteiger partial charge in [-0.05, 0) is 37.2 Å².